The normalized spacial score (nSPS) is 17.6. The Balaban J connectivity index is 1.54. The molecule has 1 aromatic carbocycles. The Morgan fingerprint density at radius 3 is 3.10 bits per heavy atom. The first-order valence-corrected chi connectivity index (χ1v) is 7.64. The summed E-state index contributed by atoms with van der Waals surface area (Å²) in [6.45, 7) is 4.66. The Bertz CT molecular complexity index is 494. The highest BCUT2D eigenvalue weighted by atomic mass is 16.5. The average Bonchev–Trinajstić information content (AvgIpc) is 3.14. The summed E-state index contributed by atoms with van der Waals surface area (Å²) in [6.07, 6.45) is 4.57. The lowest BCUT2D eigenvalue weighted by Crippen LogP contribution is -2.38. The fraction of sp³-hybridized carbons (Fsp3) is 0.562. The first kappa shape index (κ1) is 13.3. The zero-order valence-electron chi connectivity index (χ0n) is 12.1. The van der Waals surface area contributed by atoms with Crippen molar-refractivity contribution >= 4 is 5.96 Å². The van der Waals surface area contributed by atoms with E-state index in [4.69, 9.17) is 4.74 Å². The van der Waals surface area contributed by atoms with Crippen molar-refractivity contribution in [2.24, 2.45) is 4.99 Å². The van der Waals surface area contributed by atoms with Crippen LogP contribution in [0.1, 0.15) is 30.9 Å². The number of nitrogens with one attached hydrogen (secondary N) is 2. The van der Waals surface area contributed by atoms with E-state index in [-0.39, 0.29) is 0 Å². The van der Waals surface area contributed by atoms with Crippen LogP contribution in [0.3, 0.4) is 0 Å². The van der Waals surface area contributed by atoms with Gasteiger partial charge in [-0.25, -0.2) is 0 Å². The van der Waals surface area contributed by atoms with Gasteiger partial charge < -0.3 is 15.4 Å². The van der Waals surface area contributed by atoms with Crippen molar-refractivity contribution in [3.8, 4) is 5.75 Å². The Morgan fingerprint density at radius 1 is 1.40 bits per heavy atom. The van der Waals surface area contributed by atoms with Crippen molar-refractivity contribution in [1.82, 2.24) is 10.6 Å². The summed E-state index contributed by atoms with van der Waals surface area (Å²) >= 11 is 0. The maximum absolute atomic E-state index is 5.53. The van der Waals surface area contributed by atoms with Crippen LogP contribution in [0, 0.1) is 0 Å². The molecule has 0 radical (unpaired) electrons. The molecule has 4 heteroatoms. The number of aliphatic imine (C=N–C) groups is 1. The van der Waals surface area contributed by atoms with Gasteiger partial charge >= 0.3 is 0 Å². The molecule has 2 N–H and O–H groups in total. The Hall–Kier alpha value is -1.71. The fourth-order valence-corrected chi connectivity index (χ4v) is 2.43. The van der Waals surface area contributed by atoms with E-state index >= 15 is 0 Å². The predicted molar refractivity (Wildman–Crippen MR) is 81.5 cm³/mol. The van der Waals surface area contributed by atoms with Crippen molar-refractivity contribution in [1.29, 1.82) is 0 Å². The van der Waals surface area contributed by atoms with E-state index in [0.717, 1.165) is 44.2 Å². The summed E-state index contributed by atoms with van der Waals surface area (Å²) in [5.74, 6) is 2.01. The van der Waals surface area contributed by atoms with E-state index in [2.05, 4.69) is 40.7 Å². The molecular weight excluding hydrogens is 250 g/mol. The van der Waals surface area contributed by atoms with Gasteiger partial charge in [-0.3, -0.25) is 4.99 Å². The number of rotatable bonds is 5. The third-order valence-electron chi connectivity index (χ3n) is 3.69. The number of benzene rings is 1. The number of hydrogen-bond donors (Lipinski definition) is 2. The van der Waals surface area contributed by atoms with E-state index in [0.29, 0.717) is 6.04 Å². The average molecular weight is 273 g/mol. The number of nitrogens with zero attached hydrogens (tertiary/aromatic N) is 1. The summed E-state index contributed by atoms with van der Waals surface area (Å²) in [5.41, 5.74) is 2.69. The minimum Gasteiger partial charge on any atom is -0.493 e. The van der Waals surface area contributed by atoms with Gasteiger partial charge in [0.1, 0.15) is 5.75 Å². The van der Waals surface area contributed by atoms with Crippen molar-refractivity contribution in [2.45, 2.75) is 38.6 Å². The van der Waals surface area contributed by atoms with Gasteiger partial charge in [-0.1, -0.05) is 12.1 Å². The molecule has 0 spiro atoms. The molecule has 0 unspecified atom stereocenters. The molecule has 1 aliphatic heterocycles. The van der Waals surface area contributed by atoms with Gasteiger partial charge in [-0.2, -0.15) is 0 Å². The van der Waals surface area contributed by atoms with E-state index in [9.17, 15) is 0 Å². The summed E-state index contributed by atoms with van der Waals surface area (Å²) in [7, 11) is 0. The molecule has 1 heterocycles. The van der Waals surface area contributed by atoms with Crippen molar-refractivity contribution in [3.05, 3.63) is 29.3 Å². The van der Waals surface area contributed by atoms with Crippen LogP contribution in [-0.4, -0.2) is 31.7 Å². The van der Waals surface area contributed by atoms with E-state index < -0.39 is 0 Å². The van der Waals surface area contributed by atoms with Gasteiger partial charge in [-0.15, -0.1) is 0 Å². The largest absolute Gasteiger partial charge is 0.493 e. The second-order valence-corrected chi connectivity index (χ2v) is 5.47. The lowest BCUT2D eigenvalue weighted by molar-refractivity contribution is 0.357. The van der Waals surface area contributed by atoms with Gasteiger partial charge in [0.25, 0.3) is 0 Å². The predicted octanol–water partition coefficient (Wildman–Crippen LogP) is 1.88. The highest BCUT2D eigenvalue weighted by Gasteiger charge is 2.22. The molecule has 0 atom stereocenters. The topological polar surface area (TPSA) is 45.7 Å². The number of ether oxygens (including phenoxy) is 1. The standard InChI is InChI=1S/C16H23N3O/c1-2-17-16(19-14-4-5-14)18-9-7-12-3-6-15-13(11-12)8-10-20-15/h3,6,11,14H,2,4-5,7-10H2,1H3,(H2,17,18,19). The van der Waals surface area contributed by atoms with Crippen LogP contribution in [0.5, 0.6) is 5.75 Å². The molecule has 1 fully saturated rings. The van der Waals surface area contributed by atoms with Gasteiger partial charge in [-0.05, 0) is 43.4 Å². The van der Waals surface area contributed by atoms with Gasteiger partial charge in [0, 0.05) is 25.6 Å². The first-order valence-electron chi connectivity index (χ1n) is 7.64. The van der Waals surface area contributed by atoms with Gasteiger partial charge in [0.2, 0.25) is 0 Å². The van der Waals surface area contributed by atoms with Crippen LogP contribution in [0.25, 0.3) is 0 Å². The molecular formula is C16H23N3O. The van der Waals surface area contributed by atoms with Crippen LogP contribution in [0.15, 0.2) is 23.2 Å². The summed E-state index contributed by atoms with van der Waals surface area (Å²) in [5, 5.41) is 6.74. The summed E-state index contributed by atoms with van der Waals surface area (Å²) in [6, 6.07) is 7.15. The molecule has 0 saturated heterocycles. The maximum atomic E-state index is 5.53. The van der Waals surface area contributed by atoms with Crippen molar-refractivity contribution < 1.29 is 4.74 Å². The Morgan fingerprint density at radius 2 is 2.30 bits per heavy atom. The van der Waals surface area contributed by atoms with E-state index in [1.165, 1.54) is 24.0 Å². The zero-order chi connectivity index (χ0) is 13.8. The molecule has 0 aromatic heterocycles. The van der Waals surface area contributed by atoms with Crippen molar-refractivity contribution in [2.75, 3.05) is 19.7 Å². The van der Waals surface area contributed by atoms with Crippen LogP contribution in [0.4, 0.5) is 0 Å². The highest BCUT2D eigenvalue weighted by Crippen LogP contribution is 2.26. The third kappa shape index (κ3) is 3.44. The minimum absolute atomic E-state index is 0.643. The Labute approximate surface area is 120 Å². The minimum atomic E-state index is 0.643. The Kier molecular flexibility index (Phi) is 4.09. The molecule has 0 bridgehead atoms. The van der Waals surface area contributed by atoms with E-state index in [1.54, 1.807) is 0 Å². The fourth-order valence-electron chi connectivity index (χ4n) is 2.43. The molecule has 1 aromatic rings. The number of hydrogen-bond acceptors (Lipinski definition) is 2. The smallest absolute Gasteiger partial charge is 0.191 e. The lowest BCUT2D eigenvalue weighted by Gasteiger charge is -2.10. The quantitative estimate of drug-likeness (QED) is 0.636. The number of fused-ring (bicyclic) bond motifs is 1. The first-order chi connectivity index (χ1) is 9.85. The van der Waals surface area contributed by atoms with Crippen LogP contribution in [0.2, 0.25) is 0 Å². The van der Waals surface area contributed by atoms with E-state index in [1.807, 2.05) is 0 Å². The molecule has 2 aliphatic rings. The molecule has 108 valence electrons. The molecule has 3 rings (SSSR count). The molecule has 20 heavy (non-hydrogen) atoms. The van der Waals surface area contributed by atoms with Crippen LogP contribution >= 0.6 is 0 Å². The SMILES string of the molecule is CCNC(=NCCc1ccc2c(c1)CCO2)NC1CC1. The second-order valence-electron chi connectivity index (χ2n) is 5.47. The van der Waals surface area contributed by atoms with Gasteiger partial charge in [0.05, 0.1) is 6.61 Å². The molecule has 4 nitrogen and oxygen atoms in total. The zero-order valence-corrected chi connectivity index (χ0v) is 12.1. The van der Waals surface area contributed by atoms with Crippen LogP contribution < -0.4 is 15.4 Å². The van der Waals surface area contributed by atoms with Crippen LogP contribution in [-0.2, 0) is 12.8 Å². The summed E-state index contributed by atoms with van der Waals surface area (Å²) in [4.78, 5) is 4.65. The second kappa shape index (κ2) is 6.16. The molecule has 1 aliphatic carbocycles. The molecule has 0 amide bonds. The monoisotopic (exact) mass is 273 g/mol. The van der Waals surface area contributed by atoms with Gasteiger partial charge in [0.15, 0.2) is 5.96 Å². The maximum Gasteiger partial charge on any atom is 0.191 e. The van der Waals surface area contributed by atoms with Crippen molar-refractivity contribution in [3.63, 3.8) is 0 Å². The lowest BCUT2D eigenvalue weighted by atomic mass is 10.1. The summed E-state index contributed by atoms with van der Waals surface area (Å²) < 4.78 is 5.53. The highest BCUT2D eigenvalue weighted by molar-refractivity contribution is 5.80. The number of guanidine groups is 1. The molecule has 1 saturated carbocycles. The third-order valence-corrected chi connectivity index (χ3v) is 3.69.